The minimum atomic E-state index is -0.906. The topological polar surface area (TPSA) is 176 Å². The number of nitrogens with zero attached hydrogens (tertiary/aromatic N) is 4. The molecule has 11 heteroatoms. The van der Waals surface area contributed by atoms with Crippen LogP contribution in [0.2, 0.25) is 0 Å². The monoisotopic (exact) mass is 316 g/mol. The standard InChI is InChI=1S/C6H9N5O.C6H7N5/c1-6(7)10-4-3(5(12)11-6)8-2-9-4;1-3-10-5(7)4-6(11-3)9-2-8-4/h2,10H,7H2,1H3,(H,8,9)(H,11,12);2H,1H3,(H3,7,8,9,10,11). The summed E-state index contributed by atoms with van der Waals surface area (Å²) in [5.41, 5.74) is 12.9. The van der Waals surface area contributed by atoms with Gasteiger partial charge in [0.1, 0.15) is 17.2 Å². The number of aryl methyl sites for hydroxylation is 1. The first-order valence-electron chi connectivity index (χ1n) is 6.72. The quantitative estimate of drug-likeness (QED) is 0.319. The van der Waals surface area contributed by atoms with E-state index in [4.69, 9.17) is 11.5 Å². The summed E-state index contributed by atoms with van der Waals surface area (Å²) >= 11 is 0. The van der Waals surface area contributed by atoms with E-state index in [0.717, 1.165) is 0 Å². The molecule has 8 N–H and O–H groups in total. The fraction of sp³-hybridized carbons (Fsp3) is 0.250. The third-order valence-corrected chi connectivity index (χ3v) is 3.03. The molecule has 4 rings (SSSR count). The lowest BCUT2D eigenvalue weighted by atomic mass is 10.2. The zero-order chi connectivity index (χ0) is 16.6. The molecule has 1 aliphatic heterocycles. The summed E-state index contributed by atoms with van der Waals surface area (Å²) in [7, 11) is 0. The number of hydrogen-bond acceptors (Lipinski definition) is 8. The van der Waals surface area contributed by atoms with Crippen LogP contribution >= 0.6 is 0 Å². The van der Waals surface area contributed by atoms with Crippen molar-refractivity contribution in [3.63, 3.8) is 0 Å². The fourth-order valence-electron chi connectivity index (χ4n) is 2.12. The molecule has 3 aromatic rings. The Morgan fingerprint density at radius 2 is 1.87 bits per heavy atom. The van der Waals surface area contributed by atoms with E-state index in [-0.39, 0.29) is 5.91 Å². The number of rotatable bonds is 0. The number of fused-ring (bicyclic) bond motifs is 2. The van der Waals surface area contributed by atoms with Crippen molar-refractivity contribution in [2.45, 2.75) is 19.6 Å². The van der Waals surface area contributed by atoms with Gasteiger partial charge >= 0.3 is 0 Å². The molecule has 3 aromatic heterocycles. The van der Waals surface area contributed by atoms with Crippen LogP contribution in [-0.4, -0.2) is 41.6 Å². The van der Waals surface area contributed by atoms with Crippen LogP contribution in [0.1, 0.15) is 23.2 Å². The molecule has 1 unspecified atom stereocenters. The van der Waals surface area contributed by atoms with E-state index >= 15 is 0 Å². The van der Waals surface area contributed by atoms with Crippen LogP contribution in [0.5, 0.6) is 0 Å². The molecule has 0 bridgehead atoms. The van der Waals surface area contributed by atoms with Gasteiger partial charge in [-0.1, -0.05) is 0 Å². The zero-order valence-electron chi connectivity index (χ0n) is 12.5. The van der Waals surface area contributed by atoms with Crippen LogP contribution in [0, 0.1) is 6.92 Å². The molecule has 0 aliphatic carbocycles. The van der Waals surface area contributed by atoms with Gasteiger partial charge in [-0.25, -0.2) is 19.9 Å². The number of amides is 1. The Balaban J connectivity index is 0.000000136. The van der Waals surface area contributed by atoms with E-state index in [0.29, 0.717) is 34.3 Å². The number of aromatic amines is 2. The summed E-state index contributed by atoms with van der Waals surface area (Å²) < 4.78 is 0. The van der Waals surface area contributed by atoms with Gasteiger partial charge in [-0.05, 0) is 13.8 Å². The van der Waals surface area contributed by atoms with Crippen molar-refractivity contribution in [3.05, 3.63) is 24.2 Å². The Labute approximate surface area is 130 Å². The van der Waals surface area contributed by atoms with Gasteiger partial charge in [0.05, 0.1) is 12.7 Å². The minimum Gasteiger partial charge on any atom is -0.382 e. The lowest BCUT2D eigenvalue weighted by molar-refractivity contribution is 0.0905. The average molecular weight is 316 g/mol. The third-order valence-electron chi connectivity index (χ3n) is 3.03. The number of nitrogen functional groups attached to an aromatic ring is 1. The van der Waals surface area contributed by atoms with E-state index in [9.17, 15) is 4.79 Å². The van der Waals surface area contributed by atoms with Gasteiger partial charge in [0, 0.05) is 0 Å². The highest BCUT2D eigenvalue weighted by molar-refractivity contribution is 5.99. The number of nitrogens with one attached hydrogen (secondary N) is 4. The smallest absolute Gasteiger partial charge is 0.276 e. The molecule has 1 aliphatic rings. The number of hydrogen-bond donors (Lipinski definition) is 6. The maximum Gasteiger partial charge on any atom is 0.276 e. The number of imidazole rings is 2. The summed E-state index contributed by atoms with van der Waals surface area (Å²) in [6.07, 6.45) is 2.99. The molecular weight excluding hydrogens is 300 g/mol. The SMILES string of the molecule is CC1(N)NC(=O)c2nc[nH]c2N1.Cc1nc(N)c2nc[nH]c2n1. The predicted octanol–water partition coefficient (Wildman–Crippen LogP) is -0.559. The summed E-state index contributed by atoms with van der Waals surface area (Å²) in [5, 5.41) is 5.42. The van der Waals surface area contributed by atoms with E-state index in [2.05, 4.69) is 40.5 Å². The molecule has 0 saturated heterocycles. The highest BCUT2D eigenvalue weighted by Crippen LogP contribution is 2.17. The molecule has 4 heterocycles. The van der Waals surface area contributed by atoms with E-state index in [1.165, 1.54) is 6.33 Å². The van der Waals surface area contributed by atoms with Gasteiger partial charge in [-0.15, -0.1) is 0 Å². The second-order valence-corrected chi connectivity index (χ2v) is 5.16. The van der Waals surface area contributed by atoms with Gasteiger partial charge < -0.3 is 26.3 Å². The summed E-state index contributed by atoms with van der Waals surface area (Å²) in [5.74, 6) is 0.461. The Morgan fingerprint density at radius 1 is 1.13 bits per heavy atom. The number of H-pyrrole nitrogens is 2. The van der Waals surface area contributed by atoms with Crippen LogP contribution in [0.4, 0.5) is 11.6 Å². The largest absolute Gasteiger partial charge is 0.382 e. The molecule has 0 saturated carbocycles. The summed E-state index contributed by atoms with van der Waals surface area (Å²) in [6, 6.07) is 0. The van der Waals surface area contributed by atoms with Gasteiger partial charge in [-0.3, -0.25) is 10.5 Å². The Kier molecular flexibility index (Phi) is 3.33. The molecule has 0 aromatic carbocycles. The maximum atomic E-state index is 11.2. The Bertz CT molecular complexity index is 864. The Hall–Kier alpha value is -3.21. The van der Waals surface area contributed by atoms with Gasteiger partial charge in [-0.2, -0.15) is 0 Å². The highest BCUT2D eigenvalue weighted by Gasteiger charge is 2.31. The molecule has 23 heavy (non-hydrogen) atoms. The van der Waals surface area contributed by atoms with Gasteiger partial charge in [0.15, 0.2) is 22.9 Å². The third kappa shape index (κ3) is 2.89. The first-order valence-corrected chi connectivity index (χ1v) is 6.72. The lowest BCUT2D eigenvalue weighted by Crippen LogP contribution is -2.61. The number of carbonyl (C=O) groups excluding carboxylic acids is 1. The molecule has 1 amide bonds. The van der Waals surface area contributed by atoms with Crippen LogP contribution in [0.15, 0.2) is 12.7 Å². The van der Waals surface area contributed by atoms with Crippen molar-refractivity contribution in [2.75, 3.05) is 11.1 Å². The van der Waals surface area contributed by atoms with Gasteiger partial charge in [0.25, 0.3) is 5.91 Å². The first kappa shape index (κ1) is 14.7. The van der Waals surface area contributed by atoms with Crippen molar-refractivity contribution in [3.8, 4) is 0 Å². The highest BCUT2D eigenvalue weighted by atomic mass is 16.2. The van der Waals surface area contributed by atoms with Crippen LogP contribution < -0.4 is 22.1 Å². The van der Waals surface area contributed by atoms with Crippen LogP contribution in [0.25, 0.3) is 11.2 Å². The van der Waals surface area contributed by atoms with Crippen molar-refractivity contribution in [1.82, 2.24) is 35.2 Å². The maximum absolute atomic E-state index is 11.2. The molecule has 120 valence electrons. The Morgan fingerprint density at radius 3 is 2.65 bits per heavy atom. The second kappa shape index (κ2) is 5.21. The van der Waals surface area contributed by atoms with Crippen LogP contribution in [-0.2, 0) is 0 Å². The van der Waals surface area contributed by atoms with E-state index in [1.54, 1.807) is 20.2 Å². The minimum absolute atomic E-state index is 0.269. The average Bonchev–Trinajstić information content (AvgIpc) is 3.06. The molecule has 0 fully saturated rings. The van der Waals surface area contributed by atoms with Crippen molar-refractivity contribution >= 4 is 28.7 Å². The zero-order valence-corrected chi connectivity index (χ0v) is 12.5. The van der Waals surface area contributed by atoms with E-state index < -0.39 is 5.79 Å². The summed E-state index contributed by atoms with van der Waals surface area (Å²) in [4.78, 5) is 32.7. The van der Waals surface area contributed by atoms with Crippen LogP contribution in [0.3, 0.4) is 0 Å². The van der Waals surface area contributed by atoms with E-state index in [1.807, 2.05) is 0 Å². The number of nitrogens with two attached hydrogens (primary N) is 2. The molecule has 11 nitrogen and oxygen atoms in total. The molecule has 0 spiro atoms. The molecule has 1 atom stereocenters. The lowest BCUT2D eigenvalue weighted by Gasteiger charge is -2.31. The second-order valence-electron chi connectivity index (χ2n) is 5.16. The van der Waals surface area contributed by atoms with Crippen molar-refractivity contribution in [2.24, 2.45) is 5.73 Å². The van der Waals surface area contributed by atoms with Crippen molar-refractivity contribution in [1.29, 1.82) is 0 Å². The molecule has 0 radical (unpaired) electrons. The molecular formula is C12H16N10O. The first-order chi connectivity index (χ1) is 10.9. The number of anilines is 2. The fourth-order valence-corrected chi connectivity index (χ4v) is 2.12. The predicted molar refractivity (Wildman–Crippen MR) is 83.1 cm³/mol. The number of aromatic nitrogens is 6. The summed E-state index contributed by atoms with van der Waals surface area (Å²) in [6.45, 7) is 3.45. The van der Waals surface area contributed by atoms with Crippen molar-refractivity contribution < 1.29 is 4.79 Å². The van der Waals surface area contributed by atoms with Gasteiger partial charge in [0.2, 0.25) is 0 Å². The normalized spacial score (nSPS) is 19.3. The number of carbonyl (C=O) groups is 1.